The maximum absolute atomic E-state index is 13.6. The minimum Gasteiger partial charge on any atom is -0.448 e. The van der Waals surface area contributed by atoms with E-state index in [1.807, 2.05) is 30.5 Å². The van der Waals surface area contributed by atoms with Crippen LogP contribution < -0.4 is 0 Å². The predicted octanol–water partition coefficient (Wildman–Crippen LogP) is 4.72. The largest absolute Gasteiger partial charge is 0.448 e. The molecule has 0 radical (unpaired) electrons. The van der Waals surface area contributed by atoms with Gasteiger partial charge in [-0.3, -0.25) is 9.59 Å². The average molecular weight is 460 g/mol. The van der Waals surface area contributed by atoms with Gasteiger partial charge in [0.15, 0.2) is 0 Å². The van der Waals surface area contributed by atoms with Crippen molar-refractivity contribution in [2.45, 2.75) is 26.4 Å². The summed E-state index contributed by atoms with van der Waals surface area (Å²) in [5, 5.41) is 0.883. The number of carbonyl (C=O) groups is 2. The van der Waals surface area contributed by atoms with E-state index in [0.29, 0.717) is 43.1 Å². The van der Waals surface area contributed by atoms with Crippen LogP contribution in [0.5, 0.6) is 0 Å². The van der Waals surface area contributed by atoms with Gasteiger partial charge >= 0.3 is 0 Å². The molecule has 0 aliphatic carbocycles. The quantitative estimate of drug-likeness (QED) is 0.444. The van der Waals surface area contributed by atoms with Gasteiger partial charge in [-0.05, 0) is 55.8 Å². The minimum absolute atomic E-state index is 0.0840. The summed E-state index contributed by atoms with van der Waals surface area (Å²) in [4.78, 5) is 30.0. The third-order valence-corrected chi connectivity index (χ3v) is 6.45. The SMILES string of the molecule is Cc1ccc(Cn2c(C(=O)N3CCN(C(=O)c4ccc(F)cc4)C(C)C3)cc3ccoc32)cc1. The van der Waals surface area contributed by atoms with Crippen LogP contribution in [0.3, 0.4) is 0 Å². The highest BCUT2D eigenvalue weighted by molar-refractivity contribution is 5.98. The number of amides is 2. The molecular weight excluding hydrogens is 433 g/mol. The van der Waals surface area contributed by atoms with E-state index in [2.05, 4.69) is 24.3 Å². The first-order chi connectivity index (χ1) is 16.4. The molecule has 174 valence electrons. The van der Waals surface area contributed by atoms with E-state index in [1.165, 1.54) is 29.8 Å². The molecule has 2 amide bonds. The number of fused-ring (bicyclic) bond motifs is 1. The predicted molar refractivity (Wildman–Crippen MR) is 127 cm³/mol. The van der Waals surface area contributed by atoms with Gasteiger partial charge in [-0.25, -0.2) is 4.39 Å². The molecule has 1 aliphatic rings. The maximum atomic E-state index is 13.6. The monoisotopic (exact) mass is 459 g/mol. The van der Waals surface area contributed by atoms with Crippen molar-refractivity contribution in [3.63, 3.8) is 0 Å². The third-order valence-electron chi connectivity index (χ3n) is 6.45. The molecule has 5 rings (SSSR count). The van der Waals surface area contributed by atoms with Gasteiger partial charge in [-0.2, -0.15) is 0 Å². The molecule has 1 fully saturated rings. The molecule has 0 N–H and O–H groups in total. The Morgan fingerprint density at radius 1 is 1.00 bits per heavy atom. The van der Waals surface area contributed by atoms with Gasteiger partial charge in [-0.15, -0.1) is 0 Å². The lowest BCUT2D eigenvalue weighted by Crippen LogP contribution is -2.55. The first kappa shape index (κ1) is 21.9. The van der Waals surface area contributed by atoms with Crippen LogP contribution in [-0.4, -0.2) is 51.9 Å². The van der Waals surface area contributed by atoms with Crippen LogP contribution in [0.25, 0.3) is 11.1 Å². The van der Waals surface area contributed by atoms with E-state index in [-0.39, 0.29) is 23.7 Å². The topological polar surface area (TPSA) is 58.7 Å². The summed E-state index contributed by atoms with van der Waals surface area (Å²) >= 11 is 0. The molecular formula is C27H26FN3O3. The van der Waals surface area contributed by atoms with Crippen LogP contribution in [0.1, 0.15) is 38.9 Å². The maximum Gasteiger partial charge on any atom is 0.270 e. The summed E-state index contributed by atoms with van der Waals surface area (Å²) in [6, 6.07) is 17.3. The zero-order valence-electron chi connectivity index (χ0n) is 19.2. The number of benzene rings is 2. The Morgan fingerprint density at radius 3 is 2.44 bits per heavy atom. The average Bonchev–Trinajstić information content (AvgIpc) is 3.42. The van der Waals surface area contributed by atoms with Crippen LogP contribution in [-0.2, 0) is 6.54 Å². The van der Waals surface area contributed by atoms with Crippen LogP contribution in [0.4, 0.5) is 4.39 Å². The van der Waals surface area contributed by atoms with E-state index in [9.17, 15) is 14.0 Å². The molecule has 1 saturated heterocycles. The standard InChI is InChI=1S/C27H26FN3O3/c1-18-3-5-20(6-4-18)17-31-24(15-22-11-14-34-27(22)31)26(33)29-12-13-30(19(2)16-29)25(32)21-7-9-23(28)10-8-21/h3-11,14-15,19H,12-13,16-17H2,1-2H3. The fraction of sp³-hybridized carbons (Fsp3) is 0.259. The molecule has 7 heteroatoms. The molecule has 0 bridgehead atoms. The number of aromatic nitrogens is 1. The number of piperazine rings is 1. The molecule has 34 heavy (non-hydrogen) atoms. The van der Waals surface area contributed by atoms with Gasteiger partial charge in [0.05, 0.1) is 12.8 Å². The van der Waals surface area contributed by atoms with Crippen LogP contribution in [0.15, 0.2) is 71.3 Å². The van der Waals surface area contributed by atoms with E-state index in [1.54, 1.807) is 16.1 Å². The molecule has 6 nitrogen and oxygen atoms in total. The summed E-state index contributed by atoms with van der Waals surface area (Å²) in [5.74, 6) is -0.613. The second kappa shape index (κ2) is 8.82. The highest BCUT2D eigenvalue weighted by atomic mass is 19.1. The van der Waals surface area contributed by atoms with Gasteiger partial charge in [0, 0.05) is 36.6 Å². The van der Waals surface area contributed by atoms with Gasteiger partial charge < -0.3 is 18.8 Å². The summed E-state index contributed by atoms with van der Waals surface area (Å²) in [7, 11) is 0. The number of nitrogens with zero attached hydrogens (tertiary/aromatic N) is 3. The van der Waals surface area contributed by atoms with Crippen molar-refractivity contribution in [3.05, 3.63) is 95.1 Å². The Bertz CT molecular complexity index is 1340. The van der Waals surface area contributed by atoms with Crippen LogP contribution >= 0.6 is 0 Å². The summed E-state index contributed by atoms with van der Waals surface area (Å²) in [5.41, 5.74) is 3.94. The summed E-state index contributed by atoms with van der Waals surface area (Å²) < 4.78 is 20.9. The number of hydrogen-bond acceptors (Lipinski definition) is 3. The first-order valence-corrected chi connectivity index (χ1v) is 11.4. The van der Waals surface area contributed by atoms with Crippen molar-refractivity contribution >= 4 is 22.9 Å². The smallest absolute Gasteiger partial charge is 0.270 e. The Morgan fingerprint density at radius 2 is 1.74 bits per heavy atom. The van der Waals surface area contributed by atoms with Gasteiger partial charge in [0.25, 0.3) is 11.8 Å². The number of aryl methyl sites for hydroxylation is 1. The number of carbonyl (C=O) groups excluding carboxylic acids is 2. The van der Waals surface area contributed by atoms with E-state index in [0.717, 1.165) is 10.9 Å². The van der Waals surface area contributed by atoms with Crippen molar-refractivity contribution in [1.29, 1.82) is 0 Å². The normalized spacial score (nSPS) is 16.3. The Labute approximate surface area is 197 Å². The molecule has 2 aromatic heterocycles. The van der Waals surface area contributed by atoms with Crippen molar-refractivity contribution in [3.8, 4) is 0 Å². The number of rotatable bonds is 4. The lowest BCUT2D eigenvalue weighted by atomic mass is 10.1. The highest BCUT2D eigenvalue weighted by Crippen LogP contribution is 2.25. The van der Waals surface area contributed by atoms with Gasteiger partial charge in [0.2, 0.25) is 5.71 Å². The second-order valence-electron chi connectivity index (χ2n) is 8.89. The number of hydrogen-bond donors (Lipinski definition) is 0. The molecule has 0 spiro atoms. The molecule has 3 heterocycles. The summed E-state index contributed by atoms with van der Waals surface area (Å²) in [6.45, 7) is 5.75. The first-order valence-electron chi connectivity index (χ1n) is 11.4. The molecule has 4 aromatic rings. The zero-order chi connectivity index (χ0) is 23.8. The molecule has 1 aliphatic heterocycles. The van der Waals surface area contributed by atoms with E-state index in [4.69, 9.17) is 4.42 Å². The van der Waals surface area contributed by atoms with Gasteiger partial charge in [-0.1, -0.05) is 29.8 Å². The van der Waals surface area contributed by atoms with Crippen molar-refractivity contribution < 1.29 is 18.4 Å². The third kappa shape index (κ3) is 4.09. The van der Waals surface area contributed by atoms with Crippen molar-refractivity contribution in [2.24, 2.45) is 0 Å². The van der Waals surface area contributed by atoms with Crippen LogP contribution in [0.2, 0.25) is 0 Å². The number of furan rings is 1. The Balaban J connectivity index is 1.35. The van der Waals surface area contributed by atoms with E-state index >= 15 is 0 Å². The zero-order valence-corrected chi connectivity index (χ0v) is 19.2. The molecule has 1 atom stereocenters. The van der Waals surface area contributed by atoms with Crippen LogP contribution in [0, 0.1) is 12.7 Å². The van der Waals surface area contributed by atoms with E-state index < -0.39 is 0 Å². The minimum atomic E-state index is -0.376. The fourth-order valence-corrected chi connectivity index (χ4v) is 4.55. The van der Waals surface area contributed by atoms with Gasteiger partial charge in [0.1, 0.15) is 11.5 Å². The second-order valence-corrected chi connectivity index (χ2v) is 8.89. The molecule has 0 saturated carbocycles. The van der Waals surface area contributed by atoms with Crippen molar-refractivity contribution in [2.75, 3.05) is 19.6 Å². The Kier molecular flexibility index (Phi) is 5.69. The summed E-state index contributed by atoms with van der Waals surface area (Å²) in [6.07, 6.45) is 1.63. The molecule has 1 unspecified atom stereocenters. The fourth-order valence-electron chi connectivity index (χ4n) is 4.55. The number of halogens is 1. The highest BCUT2D eigenvalue weighted by Gasteiger charge is 2.32. The Hall–Kier alpha value is -3.87. The lowest BCUT2D eigenvalue weighted by Gasteiger charge is -2.40. The van der Waals surface area contributed by atoms with Crippen molar-refractivity contribution in [1.82, 2.24) is 14.4 Å². The molecule has 2 aromatic carbocycles. The lowest BCUT2D eigenvalue weighted by molar-refractivity contribution is 0.0409.